The van der Waals surface area contributed by atoms with Crippen LogP contribution < -0.4 is 10.2 Å². The first-order valence-electron chi connectivity index (χ1n) is 8.63. The first-order valence-corrected chi connectivity index (χ1v) is 9.04. The smallest absolute Gasteiger partial charge is 0.338 e. The fraction of sp³-hybridized carbons (Fsp3) is 0.238. The van der Waals surface area contributed by atoms with E-state index in [-0.39, 0.29) is 12.0 Å². The van der Waals surface area contributed by atoms with Crippen molar-refractivity contribution in [2.75, 3.05) is 11.5 Å². The zero-order valence-corrected chi connectivity index (χ0v) is 16.0. The molecule has 0 aromatic heterocycles. The summed E-state index contributed by atoms with van der Waals surface area (Å²) in [6.07, 6.45) is 0. The lowest BCUT2D eigenvalue weighted by Crippen LogP contribution is -2.48. The van der Waals surface area contributed by atoms with Gasteiger partial charge in [0.15, 0.2) is 5.11 Å². The highest BCUT2D eigenvalue weighted by Gasteiger charge is 2.35. The average molecular weight is 366 g/mol. The lowest BCUT2D eigenvalue weighted by Gasteiger charge is -2.37. The lowest BCUT2D eigenvalue weighted by atomic mass is 9.94. The van der Waals surface area contributed by atoms with Crippen molar-refractivity contribution >= 4 is 29.0 Å². The highest BCUT2D eigenvalue weighted by molar-refractivity contribution is 7.80. The van der Waals surface area contributed by atoms with E-state index in [1.807, 2.05) is 74.2 Å². The van der Waals surface area contributed by atoms with E-state index in [0.29, 0.717) is 17.3 Å². The lowest BCUT2D eigenvalue weighted by molar-refractivity contribution is -0.139. The van der Waals surface area contributed by atoms with E-state index in [9.17, 15) is 4.79 Å². The van der Waals surface area contributed by atoms with Gasteiger partial charge in [-0.25, -0.2) is 4.79 Å². The van der Waals surface area contributed by atoms with Crippen molar-refractivity contribution in [2.24, 2.45) is 0 Å². The van der Waals surface area contributed by atoms with Crippen molar-refractivity contribution < 1.29 is 9.53 Å². The third-order valence-corrected chi connectivity index (χ3v) is 4.67. The van der Waals surface area contributed by atoms with E-state index in [4.69, 9.17) is 17.0 Å². The molecule has 0 spiro atoms. The van der Waals surface area contributed by atoms with Crippen LogP contribution in [0.25, 0.3) is 0 Å². The molecule has 0 unspecified atom stereocenters. The van der Waals surface area contributed by atoms with Crippen molar-refractivity contribution in [1.82, 2.24) is 5.32 Å². The van der Waals surface area contributed by atoms with Crippen LogP contribution in [0, 0.1) is 6.92 Å². The second kappa shape index (κ2) is 7.70. The molecule has 0 bridgehead atoms. The Labute approximate surface area is 159 Å². The Hall–Kier alpha value is -2.66. The summed E-state index contributed by atoms with van der Waals surface area (Å²) in [7, 11) is 0. The van der Waals surface area contributed by atoms with Crippen LogP contribution in [0.1, 0.15) is 31.0 Å². The topological polar surface area (TPSA) is 41.6 Å². The number of hydrogen-bond donors (Lipinski definition) is 1. The molecule has 0 amide bonds. The van der Waals surface area contributed by atoms with Gasteiger partial charge in [0.25, 0.3) is 0 Å². The second-order valence-corrected chi connectivity index (χ2v) is 6.57. The van der Waals surface area contributed by atoms with E-state index < -0.39 is 0 Å². The van der Waals surface area contributed by atoms with Gasteiger partial charge in [0.2, 0.25) is 0 Å². The summed E-state index contributed by atoms with van der Waals surface area (Å²) in [5, 5.41) is 3.89. The molecule has 0 fully saturated rings. The standard InChI is InChI=1S/C21H22N2O2S/c1-4-25-20(24)18-15(3)23(17-11-6-5-7-12-17)21(26)22-19(18)16-10-8-9-14(2)13-16/h5-13,19H,4H2,1-3H3,(H,22,26)/t19-/m1/s1. The molecule has 1 aliphatic heterocycles. The van der Waals surface area contributed by atoms with Crippen LogP contribution >= 0.6 is 12.2 Å². The van der Waals surface area contributed by atoms with Crippen molar-refractivity contribution in [2.45, 2.75) is 26.8 Å². The number of anilines is 1. The summed E-state index contributed by atoms with van der Waals surface area (Å²) in [5.74, 6) is -0.326. The van der Waals surface area contributed by atoms with E-state index in [1.54, 1.807) is 0 Å². The van der Waals surface area contributed by atoms with Crippen molar-refractivity contribution in [3.05, 3.63) is 77.0 Å². The van der Waals surface area contributed by atoms with Crippen LogP contribution in [0.4, 0.5) is 5.69 Å². The molecule has 0 aliphatic carbocycles. The first-order chi connectivity index (χ1) is 12.5. The predicted molar refractivity (Wildman–Crippen MR) is 108 cm³/mol. The number of allylic oxidation sites excluding steroid dienone is 1. The minimum absolute atomic E-state index is 0.325. The maximum absolute atomic E-state index is 12.8. The van der Waals surface area contributed by atoms with Crippen LogP contribution in [-0.2, 0) is 9.53 Å². The highest BCUT2D eigenvalue weighted by atomic mass is 32.1. The van der Waals surface area contributed by atoms with Gasteiger partial charge >= 0.3 is 5.97 Å². The van der Waals surface area contributed by atoms with Crippen LogP contribution in [0.2, 0.25) is 0 Å². The van der Waals surface area contributed by atoms with Crippen molar-refractivity contribution in [3.63, 3.8) is 0 Å². The molecule has 2 aromatic carbocycles. The third kappa shape index (κ3) is 3.48. The Morgan fingerprint density at radius 1 is 1.15 bits per heavy atom. The molecule has 134 valence electrons. The van der Waals surface area contributed by atoms with Crippen LogP contribution in [0.5, 0.6) is 0 Å². The number of carbonyl (C=O) groups excluding carboxylic acids is 1. The Kier molecular flexibility index (Phi) is 5.38. The van der Waals surface area contributed by atoms with Crippen molar-refractivity contribution in [1.29, 1.82) is 0 Å². The van der Waals surface area contributed by atoms with Gasteiger partial charge in [0.05, 0.1) is 18.2 Å². The molecule has 1 N–H and O–H groups in total. The zero-order valence-electron chi connectivity index (χ0n) is 15.2. The minimum atomic E-state index is -0.332. The summed E-state index contributed by atoms with van der Waals surface area (Å²) in [5.41, 5.74) is 4.39. The summed E-state index contributed by atoms with van der Waals surface area (Å²) < 4.78 is 5.35. The molecule has 1 aliphatic rings. The Bertz CT molecular complexity index is 861. The predicted octanol–water partition coefficient (Wildman–Crippen LogP) is 4.27. The Morgan fingerprint density at radius 3 is 2.54 bits per heavy atom. The van der Waals surface area contributed by atoms with Crippen LogP contribution in [0.15, 0.2) is 65.9 Å². The highest BCUT2D eigenvalue weighted by Crippen LogP contribution is 2.34. The van der Waals surface area contributed by atoms with Gasteiger partial charge in [-0.15, -0.1) is 0 Å². The third-order valence-electron chi connectivity index (χ3n) is 4.37. The Balaban J connectivity index is 2.13. The molecule has 1 heterocycles. The number of hydrogen-bond acceptors (Lipinski definition) is 3. The zero-order chi connectivity index (χ0) is 18.7. The summed E-state index contributed by atoms with van der Waals surface area (Å²) in [6, 6.07) is 17.5. The number of aryl methyl sites for hydroxylation is 1. The number of nitrogens with one attached hydrogen (secondary N) is 1. The van der Waals surface area contributed by atoms with Gasteiger partial charge in [-0.3, -0.25) is 4.90 Å². The number of para-hydroxylation sites is 1. The van der Waals surface area contributed by atoms with Gasteiger partial charge in [-0.05, 0) is 50.7 Å². The molecule has 3 rings (SSSR count). The quantitative estimate of drug-likeness (QED) is 0.647. The second-order valence-electron chi connectivity index (χ2n) is 6.19. The molecule has 0 saturated carbocycles. The van der Waals surface area contributed by atoms with Crippen molar-refractivity contribution in [3.8, 4) is 0 Å². The average Bonchev–Trinajstić information content (AvgIpc) is 2.62. The van der Waals surface area contributed by atoms with E-state index >= 15 is 0 Å². The minimum Gasteiger partial charge on any atom is -0.463 e. The van der Waals surface area contributed by atoms with Crippen LogP contribution in [-0.4, -0.2) is 17.7 Å². The van der Waals surface area contributed by atoms with Gasteiger partial charge in [0, 0.05) is 11.4 Å². The van der Waals surface area contributed by atoms with Gasteiger partial charge in [-0.2, -0.15) is 0 Å². The molecule has 0 radical (unpaired) electrons. The number of ether oxygens (including phenoxy) is 1. The number of nitrogens with zero attached hydrogens (tertiary/aromatic N) is 1. The fourth-order valence-electron chi connectivity index (χ4n) is 3.20. The summed E-state index contributed by atoms with van der Waals surface area (Å²) >= 11 is 5.63. The van der Waals surface area contributed by atoms with Gasteiger partial charge in [-0.1, -0.05) is 48.0 Å². The first kappa shape index (κ1) is 18.1. The molecule has 5 heteroatoms. The van der Waals surface area contributed by atoms with Gasteiger partial charge < -0.3 is 10.1 Å². The normalized spacial score (nSPS) is 17.1. The van der Waals surface area contributed by atoms with E-state index in [0.717, 1.165) is 22.5 Å². The molecule has 0 saturated heterocycles. The number of benzene rings is 2. The summed E-state index contributed by atoms with van der Waals surface area (Å²) in [6.45, 7) is 6.08. The maximum Gasteiger partial charge on any atom is 0.338 e. The largest absolute Gasteiger partial charge is 0.463 e. The van der Waals surface area contributed by atoms with Crippen LogP contribution in [0.3, 0.4) is 0 Å². The number of carbonyl (C=O) groups is 1. The number of esters is 1. The molecule has 26 heavy (non-hydrogen) atoms. The van der Waals surface area contributed by atoms with Gasteiger partial charge in [0.1, 0.15) is 0 Å². The monoisotopic (exact) mass is 366 g/mol. The number of thiocarbonyl (C=S) groups is 1. The fourth-order valence-corrected chi connectivity index (χ4v) is 3.56. The maximum atomic E-state index is 12.8. The molecule has 1 atom stereocenters. The molecule has 2 aromatic rings. The molecule has 4 nitrogen and oxygen atoms in total. The summed E-state index contributed by atoms with van der Waals surface area (Å²) in [4.78, 5) is 14.7. The van der Waals surface area contributed by atoms with E-state index in [1.165, 1.54) is 0 Å². The Morgan fingerprint density at radius 2 is 1.88 bits per heavy atom. The number of rotatable bonds is 4. The SMILES string of the molecule is CCOC(=O)C1=C(C)N(c2ccccc2)C(=S)N[C@@H]1c1cccc(C)c1. The molecular formula is C21H22N2O2S. The molecular weight excluding hydrogens is 344 g/mol. The van der Waals surface area contributed by atoms with E-state index in [2.05, 4.69) is 11.4 Å².